The molecule has 0 unspecified atom stereocenters. The summed E-state index contributed by atoms with van der Waals surface area (Å²) in [5, 5.41) is 18.9. The van der Waals surface area contributed by atoms with Crippen molar-refractivity contribution < 1.29 is 14.6 Å². The molecule has 0 spiro atoms. The molecule has 0 atom stereocenters. The van der Waals surface area contributed by atoms with Crippen LogP contribution in [0.2, 0.25) is 0 Å². The van der Waals surface area contributed by atoms with Crippen LogP contribution in [0.3, 0.4) is 0 Å². The number of carbonyl (C=O) groups excluding carboxylic acids is 1. The van der Waals surface area contributed by atoms with E-state index in [4.69, 9.17) is 4.74 Å². The molecule has 0 radical (unpaired) electrons. The molecule has 8 heteroatoms. The lowest BCUT2D eigenvalue weighted by molar-refractivity contribution is 0.0950. The number of benzene rings is 2. The zero-order valence-corrected chi connectivity index (χ0v) is 14.8. The number of ether oxygens (including phenoxy) is 1. The van der Waals surface area contributed by atoms with Gasteiger partial charge in [0.25, 0.3) is 11.5 Å². The van der Waals surface area contributed by atoms with Gasteiger partial charge in [0.2, 0.25) is 0 Å². The highest BCUT2D eigenvalue weighted by Gasteiger charge is 2.15. The summed E-state index contributed by atoms with van der Waals surface area (Å²) >= 11 is 0. The molecule has 3 rings (SSSR count). The zero-order chi connectivity index (χ0) is 19.4. The molecule has 1 amide bonds. The minimum atomic E-state index is -0.571. The van der Waals surface area contributed by atoms with Crippen molar-refractivity contribution in [1.29, 1.82) is 0 Å². The molecule has 1 heterocycles. The Kier molecular flexibility index (Phi) is 5.16. The van der Waals surface area contributed by atoms with Crippen molar-refractivity contribution in [3.63, 3.8) is 0 Å². The fraction of sp³-hybridized carbons (Fsp3) is 0.158. The van der Waals surface area contributed by atoms with E-state index < -0.39 is 5.91 Å². The number of hydrazone groups is 1. The molecule has 0 aliphatic heterocycles. The van der Waals surface area contributed by atoms with Crippen LogP contribution in [0.5, 0.6) is 11.5 Å². The lowest BCUT2D eigenvalue weighted by atomic mass is 10.1. The summed E-state index contributed by atoms with van der Waals surface area (Å²) in [6.45, 7) is 2.22. The number of aromatic hydroxyl groups is 1. The van der Waals surface area contributed by atoms with E-state index in [0.717, 1.165) is 4.68 Å². The van der Waals surface area contributed by atoms with E-state index in [1.165, 1.54) is 13.3 Å². The van der Waals surface area contributed by atoms with Crippen molar-refractivity contribution in [2.45, 2.75) is 6.92 Å². The van der Waals surface area contributed by atoms with Crippen molar-refractivity contribution in [3.05, 3.63) is 64.1 Å². The average Bonchev–Trinajstić information content (AvgIpc) is 2.67. The lowest BCUT2D eigenvalue weighted by Crippen LogP contribution is -2.27. The van der Waals surface area contributed by atoms with E-state index in [9.17, 15) is 14.7 Å². The van der Waals surface area contributed by atoms with Crippen LogP contribution in [0.1, 0.15) is 23.0 Å². The fourth-order valence-electron chi connectivity index (χ4n) is 2.60. The number of hydrogen-bond acceptors (Lipinski definition) is 6. The van der Waals surface area contributed by atoms with Gasteiger partial charge >= 0.3 is 0 Å². The summed E-state index contributed by atoms with van der Waals surface area (Å²) in [5.41, 5.74) is 2.55. The van der Waals surface area contributed by atoms with Crippen LogP contribution in [0.15, 0.2) is 52.4 Å². The average molecular weight is 366 g/mol. The number of aryl methyl sites for hydroxylation is 1. The molecule has 0 saturated carbocycles. The fourth-order valence-corrected chi connectivity index (χ4v) is 2.60. The Hall–Kier alpha value is -3.68. The van der Waals surface area contributed by atoms with Crippen molar-refractivity contribution >= 4 is 22.9 Å². The second kappa shape index (κ2) is 7.69. The van der Waals surface area contributed by atoms with E-state index >= 15 is 0 Å². The van der Waals surface area contributed by atoms with E-state index in [0.29, 0.717) is 28.7 Å². The predicted molar refractivity (Wildman–Crippen MR) is 101 cm³/mol. The number of carbonyl (C=O) groups is 1. The molecule has 2 aromatic carbocycles. The maximum absolute atomic E-state index is 12.5. The largest absolute Gasteiger partial charge is 0.504 e. The second-order valence-electron chi connectivity index (χ2n) is 5.65. The topological polar surface area (TPSA) is 106 Å². The Balaban J connectivity index is 1.86. The van der Waals surface area contributed by atoms with Crippen LogP contribution < -0.4 is 15.7 Å². The first-order chi connectivity index (χ1) is 13.0. The standard InChI is InChI=1S/C19H18N4O4/c1-3-27-15-10-6-7-12(17(15)24)11-20-21-18(25)16-13-8-4-5-9-14(13)19(26)23(2)22-16/h4-11,24H,3H2,1-2H3,(H,21,25)/b20-11+. The second-order valence-corrected chi connectivity index (χ2v) is 5.65. The van der Waals surface area contributed by atoms with Gasteiger partial charge in [-0.2, -0.15) is 10.2 Å². The number of amides is 1. The third-order valence-electron chi connectivity index (χ3n) is 3.87. The number of phenols is 1. The van der Waals surface area contributed by atoms with E-state index in [2.05, 4.69) is 15.6 Å². The minimum absolute atomic E-state index is 0.0666. The molecule has 8 nitrogen and oxygen atoms in total. The highest BCUT2D eigenvalue weighted by Crippen LogP contribution is 2.28. The molecule has 138 valence electrons. The molecular weight excluding hydrogens is 348 g/mol. The van der Waals surface area contributed by atoms with Gasteiger partial charge in [-0.05, 0) is 25.1 Å². The van der Waals surface area contributed by atoms with Gasteiger partial charge in [-0.15, -0.1) is 0 Å². The van der Waals surface area contributed by atoms with Crippen LogP contribution in [0, 0.1) is 0 Å². The Labute approximate surface area is 154 Å². The van der Waals surface area contributed by atoms with Gasteiger partial charge < -0.3 is 9.84 Å². The molecule has 3 aromatic rings. The third-order valence-corrected chi connectivity index (χ3v) is 3.87. The number of fused-ring (bicyclic) bond motifs is 1. The summed E-state index contributed by atoms with van der Waals surface area (Å²) in [5.74, 6) is -0.306. The summed E-state index contributed by atoms with van der Waals surface area (Å²) in [7, 11) is 1.48. The van der Waals surface area contributed by atoms with E-state index in [-0.39, 0.29) is 17.0 Å². The van der Waals surface area contributed by atoms with Gasteiger partial charge in [-0.1, -0.05) is 24.3 Å². The Bertz CT molecular complexity index is 1090. The molecule has 0 aliphatic carbocycles. The number of aromatic nitrogens is 2. The van der Waals surface area contributed by atoms with Gasteiger partial charge in [0.15, 0.2) is 17.2 Å². The van der Waals surface area contributed by atoms with E-state index in [1.54, 1.807) is 42.5 Å². The molecule has 0 fully saturated rings. The number of nitrogens with one attached hydrogen (secondary N) is 1. The summed E-state index contributed by atoms with van der Waals surface area (Å²) in [6, 6.07) is 11.7. The highest BCUT2D eigenvalue weighted by atomic mass is 16.5. The molecule has 27 heavy (non-hydrogen) atoms. The number of nitrogens with zero attached hydrogens (tertiary/aromatic N) is 3. The van der Waals surface area contributed by atoms with Gasteiger partial charge in [0.1, 0.15) is 0 Å². The lowest BCUT2D eigenvalue weighted by Gasteiger charge is -2.08. The van der Waals surface area contributed by atoms with Gasteiger partial charge in [-0.3, -0.25) is 9.59 Å². The first kappa shape index (κ1) is 18.1. The quantitative estimate of drug-likeness (QED) is 0.529. The molecular formula is C19H18N4O4. The normalized spacial score (nSPS) is 11.0. The van der Waals surface area contributed by atoms with Crippen LogP contribution in [0.4, 0.5) is 0 Å². The van der Waals surface area contributed by atoms with Crippen molar-refractivity contribution in [2.24, 2.45) is 12.1 Å². The summed E-state index contributed by atoms with van der Waals surface area (Å²) < 4.78 is 6.41. The number of para-hydroxylation sites is 1. The SMILES string of the molecule is CCOc1cccc(/C=N/NC(=O)c2nn(C)c(=O)c3ccccc23)c1O. The Morgan fingerprint density at radius 3 is 2.74 bits per heavy atom. The maximum Gasteiger partial charge on any atom is 0.292 e. The molecule has 1 aromatic heterocycles. The first-order valence-corrected chi connectivity index (χ1v) is 8.27. The first-order valence-electron chi connectivity index (χ1n) is 8.27. The predicted octanol–water partition coefficient (Wildman–Crippen LogP) is 1.80. The number of rotatable bonds is 5. The van der Waals surface area contributed by atoms with Gasteiger partial charge in [-0.25, -0.2) is 10.1 Å². The highest BCUT2D eigenvalue weighted by molar-refractivity contribution is 6.05. The smallest absolute Gasteiger partial charge is 0.292 e. The van der Waals surface area contributed by atoms with Gasteiger partial charge in [0, 0.05) is 18.0 Å². The van der Waals surface area contributed by atoms with Crippen LogP contribution in [-0.2, 0) is 7.05 Å². The van der Waals surface area contributed by atoms with Crippen molar-refractivity contribution in [3.8, 4) is 11.5 Å². The van der Waals surface area contributed by atoms with Crippen molar-refractivity contribution in [2.75, 3.05) is 6.61 Å². The monoisotopic (exact) mass is 366 g/mol. The molecule has 0 aliphatic rings. The summed E-state index contributed by atoms with van der Waals surface area (Å²) in [6.07, 6.45) is 1.31. The molecule has 2 N–H and O–H groups in total. The minimum Gasteiger partial charge on any atom is -0.504 e. The Morgan fingerprint density at radius 1 is 1.26 bits per heavy atom. The maximum atomic E-state index is 12.5. The molecule has 0 saturated heterocycles. The number of phenolic OH excluding ortho intramolecular Hbond substituents is 1. The zero-order valence-electron chi connectivity index (χ0n) is 14.8. The molecule has 0 bridgehead atoms. The third kappa shape index (κ3) is 3.64. The van der Waals surface area contributed by atoms with Crippen LogP contribution in [0.25, 0.3) is 10.8 Å². The summed E-state index contributed by atoms with van der Waals surface area (Å²) in [4.78, 5) is 24.6. The van der Waals surface area contributed by atoms with Crippen molar-refractivity contribution in [1.82, 2.24) is 15.2 Å². The number of hydrogen-bond donors (Lipinski definition) is 2. The van der Waals surface area contributed by atoms with E-state index in [1.807, 2.05) is 6.92 Å². The van der Waals surface area contributed by atoms with Crippen LogP contribution >= 0.6 is 0 Å². The Morgan fingerprint density at radius 2 is 2.00 bits per heavy atom. The van der Waals surface area contributed by atoms with Crippen LogP contribution in [-0.4, -0.2) is 33.6 Å². The van der Waals surface area contributed by atoms with Gasteiger partial charge in [0.05, 0.1) is 18.2 Å².